The van der Waals surface area contributed by atoms with E-state index in [4.69, 9.17) is 0 Å². The van der Waals surface area contributed by atoms with Crippen LogP contribution in [-0.4, -0.2) is 24.6 Å². The van der Waals surface area contributed by atoms with Crippen molar-refractivity contribution in [3.05, 3.63) is 23.4 Å². The first-order valence-electron chi connectivity index (χ1n) is 6.13. The number of pyridine rings is 1. The average Bonchev–Trinajstić information content (AvgIpc) is 3.03. The lowest BCUT2D eigenvalue weighted by Gasteiger charge is -2.22. The second-order valence-corrected chi connectivity index (χ2v) is 4.52. The van der Waals surface area contributed by atoms with Gasteiger partial charge in [-0.3, -0.25) is 0 Å². The van der Waals surface area contributed by atoms with Crippen LogP contribution in [0.1, 0.15) is 31.0 Å². The molecule has 0 atom stereocenters. The van der Waals surface area contributed by atoms with Crippen molar-refractivity contribution in [3.8, 4) is 0 Å². The van der Waals surface area contributed by atoms with Crippen LogP contribution < -0.4 is 10.2 Å². The molecule has 0 unspecified atom stereocenters. The first-order chi connectivity index (χ1) is 7.74. The van der Waals surface area contributed by atoms with E-state index in [0.717, 1.165) is 30.6 Å². The zero-order chi connectivity index (χ0) is 11.5. The Labute approximate surface area is 97.9 Å². The van der Waals surface area contributed by atoms with E-state index in [2.05, 4.69) is 41.2 Å². The van der Waals surface area contributed by atoms with E-state index in [-0.39, 0.29) is 0 Å². The van der Waals surface area contributed by atoms with Crippen molar-refractivity contribution in [2.75, 3.05) is 18.5 Å². The van der Waals surface area contributed by atoms with Crippen molar-refractivity contribution in [3.63, 3.8) is 0 Å². The summed E-state index contributed by atoms with van der Waals surface area (Å²) in [7, 11) is 1.98. The van der Waals surface area contributed by atoms with Crippen molar-refractivity contribution in [2.24, 2.45) is 0 Å². The topological polar surface area (TPSA) is 28.2 Å². The van der Waals surface area contributed by atoms with E-state index < -0.39 is 0 Å². The number of aryl methyl sites for hydroxylation is 1. The fourth-order valence-corrected chi connectivity index (χ4v) is 2.17. The number of aromatic nitrogens is 1. The largest absolute Gasteiger partial charge is 0.354 e. The number of hydrogen-bond donors (Lipinski definition) is 1. The molecular weight excluding hydrogens is 198 g/mol. The molecule has 2 rings (SSSR count). The smallest absolute Gasteiger partial charge is 0.129 e. The van der Waals surface area contributed by atoms with Gasteiger partial charge in [0.25, 0.3) is 0 Å². The van der Waals surface area contributed by atoms with Gasteiger partial charge in [0.15, 0.2) is 0 Å². The predicted octanol–water partition coefficient (Wildman–Crippen LogP) is 2.10. The number of hydrogen-bond acceptors (Lipinski definition) is 3. The third-order valence-electron chi connectivity index (χ3n) is 3.00. The maximum absolute atomic E-state index is 4.65. The van der Waals surface area contributed by atoms with Crippen LogP contribution in [0.4, 0.5) is 5.82 Å². The lowest BCUT2D eigenvalue weighted by Crippen LogP contribution is -2.26. The Morgan fingerprint density at radius 2 is 2.19 bits per heavy atom. The molecule has 0 spiro atoms. The maximum atomic E-state index is 4.65. The molecular formula is C13H21N3. The Kier molecular flexibility index (Phi) is 3.44. The van der Waals surface area contributed by atoms with Crippen LogP contribution in [0.25, 0.3) is 0 Å². The highest BCUT2D eigenvalue weighted by Gasteiger charge is 2.28. The molecule has 1 aromatic heterocycles. The second-order valence-electron chi connectivity index (χ2n) is 4.52. The van der Waals surface area contributed by atoms with Gasteiger partial charge in [0.2, 0.25) is 0 Å². The van der Waals surface area contributed by atoms with Gasteiger partial charge in [-0.15, -0.1) is 0 Å². The molecule has 3 nitrogen and oxygen atoms in total. The second kappa shape index (κ2) is 4.83. The molecule has 1 aliphatic carbocycles. The SMILES string of the molecule is CCN(c1cc(CNC)cc(C)n1)C1CC1. The summed E-state index contributed by atoms with van der Waals surface area (Å²) in [5.74, 6) is 1.15. The molecule has 0 bridgehead atoms. The predicted molar refractivity (Wildman–Crippen MR) is 67.8 cm³/mol. The quantitative estimate of drug-likeness (QED) is 0.822. The summed E-state index contributed by atoms with van der Waals surface area (Å²) < 4.78 is 0. The zero-order valence-electron chi connectivity index (χ0n) is 10.5. The molecule has 0 aliphatic heterocycles. The van der Waals surface area contributed by atoms with Crippen LogP contribution in [0, 0.1) is 6.92 Å². The molecule has 1 heterocycles. The zero-order valence-corrected chi connectivity index (χ0v) is 10.5. The van der Waals surface area contributed by atoms with E-state index in [9.17, 15) is 0 Å². The van der Waals surface area contributed by atoms with E-state index >= 15 is 0 Å². The maximum Gasteiger partial charge on any atom is 0.129 e. The molecule has 3 heteroatoms. The highest BCUT2D eigenvalue weighted by molar-refractivity contribution is 5.44. The van der Waals surface area contributed by atoms with Crippen LogP contribution in [-0.2, 0) is 6.54 Å². The van der Waals surface area contributed by atoms with Gasteiger partial charge in [0.05, 0.1) is 0 Å². The first kappa shape index (κ1) is 11.4. The third-order valence-corrected chi connectivity index (χ3v) is 3.00. The van der Waals surface area contributed by atoms with Gasteiger partial charge in [-0.1, -0.05) is 0 Å². The van der Waals surface area contributed by atoms with Gasteiger partial charge >= 0.3 is 0 Å². The van der Waals surface area contributed by atoms with Crippen LogP contribution in [0.2, 0.25) is 0 Å². The van der Waals surface area contributed by atoms with Gasteiger partial charge in [0, 0.05) is 24.8 Å². The average molecular weight is 219 g/mol. The minimum absolute atomic E-state index is 0.738. The van der Waals surface area contributed by atoms with Crippen molar-refractivity contribution in [1.82, 2.24) is 10.3 Å². The lowest BCUT2D eigenvalue weighted by molar-refractivity contribution is 0.787. The first-order valence-corrected chi connectivity index (χ1v) is 6.13. The third kappa shape index (κ3) is 2.53. The Bertz CT molecular complexity index is 358. The summed E-state index contributed by atoms with van der Waals surface area (Å²) in [6.07, 6.45) is 2.65. The normalized spacial score (nSPS) is 15.2. The molecule has 0 aromatic carbocycles. The fourth-order valence-electron chi connectivity index (χ4n) is 2.17. The molecule has 1 N–H and O–H groups in total. The molecule has 88 valence electrons. The van der Waals surface area contributed by atoms with Crippen LogP contribution >= 0.6 is 0 Å². The molecule has 16 heavy (non-hydrogen) atoms. The molecule has 1 saturated carbocycles. The minimum Gasteiger partial charge on any atom is -0.354 e. The Morgan fingerprint density at radius 1 is 1.44 bits per heavy atom. The standard InChI is InChI=1S/C13H21N3/c1-4-16(12-5-6-12)13-8-11(9-14-3)7-10(2)15-13/h7-8,12,14H,4-6,9H2,1-3H3. The Hall–Kier alpha value is -1.09. The Morgan fingerprint density at radius 3 is 2.75 bits per heavy atom. The molecule has 1 aromatic rings. The van der Waals surface area contributed by atoms with Crippen molar-refractivity contribution < 1.29 is 0 Å². The minimum atomic E-state index is 0.738. The summed E-state index contributed by atoms with van der Waals surface area (Å²) in [5.41, 5.74) is 2.44. The number of rotatable bonds is 5. The van der Waals surface area contributed by atoms with Gasteiger partial charge in [-0.2, -0.15) is 0 Å². The number of nitrogens with one attached hydrogen (secondary N) is 1. The van der Waals surface area contributed by atoms with Gasteiger partial charge in [0.1, 0.15) is 5.82 Å². The van der Waals surface area contributed by atoms with Crippen molar-refractivity contribution >= 4 is 5.82 Å². The van der Waals surface area contributed by atoms with Crippen molar-refractivity contribution in [1.29, 1.82) is 0 Å². The van der Waals surface area contributed by atoms with Gasteiger partial charge in [-0.05, 0) is 51.4 Å². The molecule has 1 aliphatic rings. The van der Waals surface area contributed by atoms with Gasteiger partial charge < -0.3 is 10.2 Å². The lowest BCUT2D eigenvalue weighted by atomic mass is 10.2. The molecule has 0 amide bonds. The van der Waals surface area contributed by atoms with Crippen LogP contribution in [0.5, 0.6) is 0 Å². The van der Waals surface area contributed by atoms with Crippen LogP contribution in [0.15, 0.2) is 12.1 Å². The van der Waals surface area contributed by atoms with E-state index in [1.54, 1.807) is 0 Å². The summed E-state index contributed by atoms with van der Waals surface area (Å²) in [4.78, 5) is 7.07. The van der Waals surface area contributed by atoms with E-state index in [1.807, 2.05) is 7.05 Å². The summed E-state index contributed by atoms with van der Waals surface area (Å²) >= 11 is 0. The highest BCUT2D eigenvalue weighted by Crippen LogP contribution is 2.30. The number of nitrogens with zero attached hydrogens (tertiary/aromatic N) is 2. The fraction of sp³-hybridized carbons (Fsp3) is 0.615. The Balaban J connectivity index is 2.24. The van der Waals surface area contributed by atoms with Crippen LogP contribution in [0.3, 0.4) is 0 Å². The molecule has 0 saturated heterocycles. The van der Waals surface area contributed by atoms with Gasteiger partial charge in [-0.25, -0.2) is 4.98 Å². The van der Waals surface area contributed by atoms with Crippen molar-refractivity contribution in [2.45, 2.75) is 39.3 Å². The summed E-state index contributed by atoms with van der Waals surface area (Å²) in [6, 6.07) is 5.10. The molecule has 0 radical (unpaired) electrons. The molecule has 1 fully saturated rings. The summed E-state index contributed by atoms with van der Waals surface area (Å²) in [6.45, 7) is 6.25. The highest BCUT2D eigenvalue weighted by atomic mass is 15.2. The monoisotopic (exact) mass is 219 g/mol. The van der Waals surface area contributed by atoms with E-state index in [1.165, 1.54) is 18.4 Å². The van der Waals surface area contributed by atoms with E-state index in [0.29, 0.717) is 0 Å². The summed E-state index contributed by atoms with van der Waals surface area (Å²) in [5, 5.41) is 3.19. The number of anilines is 1.